The van der Waals surface area contributed by atoms with Crippen LogP contribution >= 0.6 is 0 Å². The van der Waals surface area contributed by atoms with Crippen molar-refractivity contribution in [3.8, 4) is 0 Å². The van der Waals surface area contributed by atoms with Gasteiger partial charge in [0.1, 0.15) is 0 Å². The second-order valence-electron chi connectivity index (χ2n) is 12.3. The molecule has 0 spiro atoms. The van der Waals surface area contributed by atoms with Gasteiger partial charge in [-0.15, -0.1) is 0 Å². The molecule has 3 fully saturated rings. The minimum atomic E-state index is 0.313. The predicted octanol–water partition coefficient (Wildman–Crippen LogP) is 8.01. The lowest BCUT2D eigenvalue weighted by molar-refractivity contribution is -0.117. The third-order valence-corrected chi connectivity index (χ3v) is 10.7. The summed E-state index contributed by atoms with van der Waals surface area (Å²) in [6.45, 7) is 14.7. The van der Waals surface area contributed by atoms with E-state index < -0.39 is 0 Å². The van der Waals surface area contributed by atoms with Crippen LogP contribution in [-0.4, -0.2) is 5.78 Å². The molecule has 30 heavy (non-hydrogen) atoms. The van der Waals surface area contributed by atoms with Crippen molar-refractivity contribution in [1.82, 2.24) is 0 Å². The number of carbonyl (C=O) groups is 1. The van der Waals surface area contributed by atoms with Gasteiger partial charge in [-0.1, -0.05) is 59.3 Å². The average Bonchev–Trinajstić information content (AvgIpc) is 3.06. The number of ketones is 1. The first kappa shape index (κ1) is 22.3. The molecule has 4 aliphatic carbocycles. The fourth-order valence-electron chi connectivity index (χ4n) is 8.75. The van der Waals surface area contributed by atoms with Crippen molar-refractivity contribution in [1.29, 1.82) is 0 Å². The number of hydrogen-bond acceptors (Lipinski definition) is 1. The van der Waals surface area contributed by atoms with E-state index in [1.165, 1.54) is 50.5 Å². The smallest absolute Gasteiger partial charge is 0.155 e. The summed E-state index contributed by atoms with van der Waals surface area (Å²) >= 11 is 0. The SMILES string of the molecule is CCC(/C=C/[C@@H](C)[C@H]1CCC2[C@@H]3CCC4=CC(=O)CC[C@]4(C)C3CC[C@@]21C)C(C)C. The molecule has 3 saturated carbocycles. The van der Waals surface area contributed by atoms with Gasteiger partial charge in [0.15, 0.2) is 5.78 Å². The molecule has 0 heterocycles. The van der Waals surface area contributed by atoms with Gasteiger partial charge >= 0.3 is 0 Å². The Morgan fingerprint density at radius 3 is 2.47 bits per heavy atom. The first-order valence-corrected chi connectivity index (χ1v) is 13.1. The molecule has 0 aromatic carbocycles. The van der Waals surface area contributed by atoms with Crippen LogP contribution in [0.1, 0.15) is 99.3 Å². The fraction of sp³-hybridized carbons (Fsp3) is 0.828. The van der Waals surface area contributed by atoms with E-state index >= 15 is 0 Å². The molecule has 3 unspecified atom stereocenters. The second kappa shape index (κ2) is 8.25. The standard InChI is InChI=1S/C29H46O/c1-7-21(19(2)3)9-8-20(4)25-12-13-26-24-11-10-22-18-23(30)14-16-28(22,5)27(24)15-17-29(25,26)6/h8-9,18-21,24-27H,7,10-17H2,1-6H3/b9-8+/t20-,21?,24+,25-,26?,27?,28+,29-/m1/s1. The average molecular weight is 411 g/mol. The molecule has 0 aliphatic heterocycles. The molecular weight excluding hydrogens is 364 g/mol. The van der Waals surface area contributed by atoms with Gasteiger partial charge in [-0.3, -0.25) is 4.79 Å². The van der Waals surface area contributed by atoms with Gasteiger partial charge in [-0.25, -0.2) is 0 Å². The summed E-state index contributed by atoms with van der Waals surface area (Å²) in [5.41, 5.74) is 2.34. The Hall–Kier alpha value is -0.850. The molecule has 0 aromatic heterocycles. The number of carbonyl (C=O) groups excluding carboxylic acids is 1. The third-order valence-electron chi connectivity index (χ3n) is 10.7. The van der Waals surface area contributed by atoms with E-state index in [0.29, 0.717) is 22.5 Å². The Bertz CT molecular complexity index is 714. The number of fused-ring (bicyclic) bond motifs is 5. The van der Waals surface area contributed by atoms with Crippen molar-refractivity contribution in [3.63, 3.8) is 0 Å². The van der Waals surface area contributed by atoms with E-state index in [1.54, 1.807) is 0 Å². The number of rotatable bonds is 5. The van der Waals surface area contributed by atoms with Gasteiger partial charge < -0.3 is 0 Å². The van der Waals surface area contributed by atoms with E-state index in [4.69, 9.17) is 0 Å². The van der Waals surface area contributed by atoms with Gasteiger partial charge in [-0.05, 0) is 110 Å². The van der Waals surface area contributed by atoms with Gasteiger partial charge in [0, 0.05) is 6.42 Å². The van der Waals surface area contributed by atoms with Crippen LogP contribution in [0.5, 0.6) is 0 Å². The molecular formula is C29H46O. The van der Waals surface area contributed by atoms with Crippen LogP contribution in [0.4, 0.5) is 0 Å². The van der Waals surface area contributed by atoms with Crippen molar-refractivity contribution >= 4 is 5.78 Å². The van der Waals surface area contributed by atoms with Gasteiger partial charge in [0.25, 0.3) is 0 Å². The Morgan fingerprint density at radius 1 is 1.00 bits per heavy atom. The number of hydrogen-bond donors (Lipinski definition) is 0. The van der Waals surface area contributed by atoms with Crippen LogP contribution in [0.25, 0.3) is 0 Å². The zero-order valence-electron chi connectivity index (χ0n) is 20.5. The van der Waals surface area contributed by atoms with E-state index in [2.05, 4.69) is 59.8 Å². The lowest BCUT2D eigenvalue weighted by Gasteiger charge is -2.58. The lowest BCUT2D eigenvalue weighted by atomic mass is 9.46. The zero-order valence-corrected chi connectivity index (χ0v) is 20.5. The van der Waals surface area contributed by atoms with E-state index in [0.717, 1.165) is 48.3 Å². The largest absolute Gasteiger partial charge is 0.295 e. The maximum absolute atomic E-state index is 12.1. The lowest BCUT2D eigenvalue weighted by Crippen LogP contribution is -2.50. The fourth-order valence-corrected chi connectivity index (χ4v) is 8.75. The monoisotopic (exact) mass is 410 g/mol. The summed E-state index contributed by atoms with van der Waals surface area (Å²) in [6.07, 6.45) is 18.5. The molecule has 0 N–H and O–H groups in total. The normalized spacial score (nSPS) is 43.2. The molecule has 0 radical (unpaired) electrons. The van der Waals surface area contributed by atoms with Crippen molar-refractivity contribution in [3.05, 3.63) is 23.8 Å². The molecule has 0 bridgehead atoms. The third kappa shape index (κ3) is 3.57. The van der Waals surface area contributed by atoms with Gasteiger partial charge in [0.05, 0.1) is 0 Å². The summed E-state index contributed by atoms with van der Waals surface area (Å²) in [6, 6.07) is 0. The van der Waals surface area contributed by atoms with Crippen LogP contribution < -0.4 is 0 Å². The van der Waals surface area contributed by atoms with Crippen LogP contribution in [-0.2, 0) is 4.79 Å². The van der Waals surface area contributed by atoms with Gasteiger partial charge in [-0.2, -0.15) is 0 Å². The minimum Gasteiger partial charge on any atom is -0.295 e. The Labute approximate surface area is 186 Å². The minimum absolute atomic E-state index is 0.313. The predicted molar refractivity (Wildman–Crippen MR) is 127 cm³/mol. The Balaban J connectivity index is 1.52. The summed E-state index contributed by atoms with van der Waals surface area (Å²) < 4.78 is 0. The highest BCUT2D eigenvalue weighted by molar-refractivity contribution is 5.91. The molecule has 8 atom stereocenters. The van der Waals surface area contributed by atoms with E-state index in [1.807, 2.05) is 0 Å². The second-order valence-corrected chi connectivity index (χ2v) is 12.3. The first-order valence-electron chi connectivity index (χ1n) is 13.1. The molecule has 0 saturated heterocycles. The highest BCUT2D eigenvalue weighted by atomic mass is 16.1. The van der Waals surface area contributed by atoms with E-state index in [-0.39, 0.29) is 0 Å². The highest BCUT2D eigenvalue weighted by Crippen LogP contribution is 2.67. The van der Waals surface area contributed by atoms with Crippen molar-refractivity contribution in [2.75, 3.05) is 0 Å². The van der Waals surface area contributed by atoms with Crippen molar-refractivity contribution < 1.29 is 4.79 Å². The maximum Gasteiger partial charge on any atom is 0.155 e. The van der Waals surface area contributed by atoms with Crippen LogP contribution in [0.3, 0.4) is 0 Å². The zero-order chi connectivity index (χ0) is 21.7. The summed E-state index contributed by atoms with van der Waals surface area (Å²) in [5, 5.41) is 0. The number of allylic oxidation sites excluding steroid dienone is 3. The quantitative estimate of drug-likeness (QED) is 0.419. The summed E-state index contributed by atoms with van der Waals surface area (Å²) in [5.74, 6) is 6.01. The Kier molecular flexibility index (Phi) is 6.15. The van der Waals surface area contributed by atoms with Crippen LogP contribution in [0.2, 0.25) is 0 Å². The summed E-state index contributed by atoms with van der Waals surface area (Å²) in [7, 11) is 0. The highest BCUT2D eigenvalue weighted by Gasteiger charge is 2.59. The molecule has 4 rings (SSSR count). The molecule has 168 valence electrons. The van der Waals surface area contributed by atoms with Crippen molar-refractivity contribution in [2.24, 2.45) is 52.3 Å². The van der Waals surface area contributed by atoms with Crippen LogP contribution in [0.15, 0.2) is 23.8 Å². The van der Waals surface area contributed by atoms with Crippen LogP contribution in [0, 0.1) is 52.3 Å². The molecule has 0 amide bonds. The first-order chi connectivity index (χ1) is 14.2. The molecule has 4 aliphatic rings. The maximum atomic E-state index is 12.1. The van der Waals surface area contributed by atoms with Gasteiger partial charge in [0.2, 0.25) is 0 Å². The summed E-state index contributed by atoms with van der Waals surface area (Å²) in [4.78, 5) is 12.1. The van der Waals surface area contributed by atoms with Crippen molar-refractivity contribution in [2.45, 2.75) is 99.3 Å². The molecule has 1 nitrogen and oxygen atoms in total. The molecule has 1 heteroatoms. The van der Waals surface area contributed by atoms with E-state index in [9.17, 15) is 4.79 Å². The Morgan fingerprint density at radius 2 is 1.77 bits per heavy atom. The molecule has 0 aromatic rings. The topological polar surface area (TPSA) is 17.1 Å².